The molecule has 86 valence electrons. The van der Waals surface area contributed by atoms with Crippen molar-refractivity contribution in [1.82, 2.24) is 0 Å². The first-order chi connectivity index (χ1) is 7.71. The van der Waals surface area contributed by atoms with Gasteiger partial charge in [-0.15, -0.1) is 0 Å². The van der Waals surface area contributed by atoms with Gasteiger partial charge in [-0.05, 0) is 32.1 Å². The van der Waals surface area contributed by atoms with E-state index >= 15 is 0 Å². The van der Waals surface area contributed by atoms with Crippen LogP contribution < -0.4 is 0 Å². The maximum absolute atomic E-state index is 2.37. The van der Waals surface area contributed by atoms with Gasteiger partial charge in [-0.1, -0.05) is 61.4 Å². The number of allylic oxidation sites excluding steroid dienone is 8. The van der Waals surface area contributed by atoms with E-state index in [9.17, 15) is 0 Å². The summed E-state index contributed by atoms with van der Waals surface area (Å²) in [4.78, 5) is 0. The highest BCUT2D eigenvalue weighted by Crippen LogP contribution is 2.41. The Labute approximate surface area is 99.4 Å². The van der Waals surface area contributed by atoms with Crippen molar-refractivity contribution < 1.29 is 0 Å². The summed E-state index contributed by atoms with van der Waals surface area (Å²) in [7, 11) is 0. The Morgan fingerprint density at radius 3 is 2.44 bits per heavy atom. The lowest BCUT2D eigenvalue weighted by molar-refractivity contribution is 0.496. The van der Waals surface area contributed by atoms with Gasteiger partial charge in [-0.25, -0.2) is 0 Å². The number of hydrogen-bond donors (Lipinski definition) is 0. The summed E-state index contributed by atoms with van der Waals surface area (Å²) in [6, 6.07) is 0. The monoisotopic (exact) mass is 214 g/mol. The first kappa shape index (κ1) is 11.4. The van der Waals surface area contributed by atoms with Crippen molar-refractivity contribution in [3.8, 4) is 0 Å². The molecule has 0 N–H and O–H groups in total. The molecule has 0 aromatic carbocycles. The molecule has 16 heavy (non-hydrogen) atoms. The molecule has 0 saturated heterocycles. The molecule has 0 heterocycles. The Hall–Kier alpha value is -1.04. The fourth-order valence-electron chi connectivity index (χ4n) is 2.58. The molecule has 0 fully saturated rings. The van der Waals surface area contributed by atoms with Crippen molar-refractivity contribution in [3.63, 3.8) is 0 Å². The zero-order valence-corrected chi connectivity index (χ0v) is 10.5. The molecular formula is C16H22. The van der Waals surface area contributed by atoms with Gasteiger partial charge in [0.05, 0.1) is 0 Å². The first-order valence-corrected chi connectivity index (χ1v) is 6.43. The van der Waals surface area contributed by atoms with Crippen molar-refractivity contribution in [3.05, 3.63) is 47.6 Å². The van der Waals surface area contributed by atoms with Crippen molar-refractivity contribution in [2.24, 2.45) is 5.41 Å². The molecular weight excluding hydrogens is 192 g/mol. The Morgan fingerprint density at radius 1 is 0.938 bits per heavy atom. The maximum atomic E-state index is 2.37. The molecule has 0 atom stereocenters. The highest BCUT2D eigenvalue weighted by atomic mass is 14.3. The second-order valence-corrected chi connectivity index (χ2v) is 5.32. The Morgan fingerprint density at radius 2 is 1.69 bits per heavy atom. The second-order valence-electron chi connectivity index (χ2n) is 5.32. The highest BCUT2D eigenvalue weighted by molar-refractivity contribution is 5.36. The standard InChI is InChI=1S/C16H22/c1-16(2,15-12-8-9-13-15)14-10-6-4-3-5-7-11-14/h4,6,8-10,12H,3,5,7,11,13H2,1-2H3. The summed E-state index contributed by atoms with van der Waals surface area (Å²) in [5.41, 5.74) is 3.40. The lowest BCUT2D eigenvalue weighted by atomic mass is 9.74. The minimum absolute atomic E-state index is 0.241. The zero-order chi connectivity index (χ0) is 11.4. The van der Waals surface area contributed by atoms with Gasteiger partial charge in [0, 0.05) is 5.41 Å². The van der Waals surface area contributed by atoms with Gasteiger partial charge in [-0.2, -0.15) is 0 Å². The van der Waals surface area contributed by atoms with Gasteiger partial charge in [0.15, 0.2) is 0 Å². The minimum Gasteiger partial charge on any atom is -0.0845 e. The van der Waals surface area contributed by atoms with Crippen LogP contribution in [0, 0.1) is 5.41 Å². The summed E-state index contributed by atoms with van der Waals surface area (Å²) in [6.45, 7) is 4.74. The zero-order valence-electron chi connectivity index (χ0n) is 10.5. The average molecular weight is 214 g/mol. The molecule has 2 rings (SSSR count). The van der Waals surface area contributed by atoms with Gasteiger partial charge < -0.3 is 0 Å². The van der Waals surface area contributed by atoms with Gasteiger partial charge >= 0.3 is 0 Å². The van der Waals surface area contributed by atoms with Gasteiger partial charge in [0.2, 0.25) is 0 Å². The maximum Gasteiger partial charge on any atom is 0.00733 e. The summed E-state index contributed by atoms with van der Waals surface area (Å²) in [6.07, 6.45) is 19.9. The third kappa shape index (κ3) is 2.37. The van der Waals surface area contributed by atoms with Crippen LogP contribution in [-0.4, -0.2) is 0 Å². The van der Waals surface area contributed by atoms with Crippen LogP contribution in [0.1, 0.15) is 46.0 Å². The van der Waals surface area contributed by atoms with Crippen molar-refractivity contribution in [1.29, 1.82) is 0 Å². The molecule has 0 saturated carbocycles. The Kier molecular flexibility index (Phi) is 3.48. The molecule has 0 radical (unpaired) electrons. The predicted molar refractivity (Wildman–Crippen MR) is 71.3 cm³/mol. The molecule has 0 aliphatic heterocycles. The quantitative estimate of drug-likeness (QED) is 0.609. The van der Waals surface area contributed by atoms with E-state index in [0.29, 0.717) is 0 Å². The summed E-state index contributed by atoms with van der Waals surface area (Å²) >= 11 is 0. The van der Waals surface area contributed by atoms with Crippen LogP contribution in [0.4, 0.5) is 0 Å². The normalized spacial score (nSPS) is 21.4. The van der Waals surface area contributed by atoms with Gasteiger partial charge in [-0.3, -0.25) is 0 Å². The molecule has 2 aliphatic carbocycles. The van der Waals surface area contributed by atoms with Crippen LogP contribution in [0.15, 0.2) is 47.6 Å². The molecule has 0 nitrogen and oxygen atoms in total. The van der Waals surface area contributed by atoms with Crippen LogP contribution in [0.5, 0.6) is 0 Å². The van der Waals surface area contributed by atoms with Gasteiger partial charge in [0.1, 0.15) is 0 Å². The number of rotatable bonds is 2. The third-order valence-electron chi connectivity index (χ3n) is 3.88. The molecule has 0 spiro atoms. The van der Waals surface area contributed by atoms with E-state index in [-0.39, 0.29) is 5.41 Å². The van der Waals surface area contributed by atoms with Gasteiger partial charge in [0.25, 0.3) is 0 Å². The van der Waals surface area contributed by atoms with Crippen molar-refractivity contribution in [2.75, 3.05) is 0 Å². The van der Waals surface area contributed by atoms with Crippen LogP contribution in [0.3, 0.4) is 0 Å². The van der Waals surface area contributed by atoms with Crippen molar-refractivity contribution in [2.45, 2.75) is 46.0 Å². The second kappa shape index (κ2) is 4.86. The molecule has 0 bridgehead atoms. The Balaban J connectivity index is 2.20. The predicted octanol–water partition coefficient (Wildman–Crippen LogP) is 4.96. The molecule has 0 aromatic heterocycles. The van der Waals surface area contributed by atoms with E-state index in [1.165, 1.54) is 25.7 Å². The number of hydrogen-bond acceptors (Lipinski definition) is 0. The Bertz CT molecular complexity index is 361. The molecule has 0 amide bonds. The summed E-state index contributed by atoms with van der Waals surface area (Å²) < 4.78 is 0. The van der Waals surface area contributed by atoms with E-state index in [0.717, 1.165) is 6.42 Å². The minimum atomic E-state index is 0.241. The van der Waals surface area contributed by atoms with Crippen LogP contribution in [0.25, 0.3) is 0 Å². The van der Waals surface area contributed by atoms with Crippen LogP contribution >= 0.6 is 0 Å². The average Bonchev–Trinajstić information content (AvgIpc) is 2.68. The van der Waals surface area contributed by atoms with E-state index in [1.807, 2.05) is 0 Å². The summed E-state index contributed by atoms with van der Waals surface area (Å²) in [5.74, 6) is 0. The first-order valence-electron chi connectivity index (χ1n) is 6.43. The van der Waals surface area contributed by atoms with E-state index in [4.69, 9.17) is 0 Å². The lowest BCUT2D eigenvalue weighted by Gasteiger charge is -2.30. The van der Waals surface area contributed by atoms with Crippen LogP contribution in [-0.2, 0) is 0 Å². The van der Waals surface area contributed by atoms with E-state index in [1.54, 1.807) is 11.1 Å². The largest absolute Gasteiger partial charge is 0.0845 e. The molecule has 0 unspecified atom stereocenters. The topological polar surface area (TPSA) is 0 Å². The molecule has 0 aromatic rings. The third-order valence-corrected chi connectivity index (χ3v) is 3.88. The van der Waals surface area contributed by atoms with Crippen LogP contribution in [0.2, 0.25) is 0 Å². The lowest BCUT2D eigenvalue weighted by Crippen LogP contribution is -2.17. The van der Waals surface area contributed by atoms with E-state index in [2.05, 4.69) is 50.3 Å². The fourth-order valence-corrected chi connectivity index (χ4v) is 2.58. The molecule has 0 heteroatoms. The smallest absolute Gasteiger partial charge is 0.00733 e. The molecule has 2 aliphatic rings. The summed E-state index contributed by atoms with van der Waals surface area (Å²) in [5, 5.41) is 0. The van der Waals surface area contributed by atoms with Crippen molar-refractivity contribution >= 4 is 0 Å². The highest BCUT2D eigenvalue weighted by Gasteiger charge is 2.27. The fraction of sp³-hybridized carbons (Fsp3) is 0.500. The SMILES string of the molecule is CC(C)(C1=CC=CC1)C1=CC=CCCCC1. The van der Waals surface area contributed by atoms with E-state index < -0.39 is 0 Å².